The van der Waals surface area contributed by atoms with Crippen molar-refractivity contribution in [3.05, 3.63) is 61.5 Å². The Kier molecular flexibility index (Phi) is 3.43. The number of hydrogen-bond acceptors (Lipinski definition) is 5. The number of hydrogen-bond donors (Lipinski definition) is 0. The molecule has 8 nitrogen and oxygen atoms in total. The molecule has 0 radical (unpaired) electrons. The molecule has 1 heterocycles. The number of imidazole rings is 1. The largest absolute Gasteiger partial charge is 0.381 e. The van der Waals surface area contributed by atoms with E-state index in [4.69, 9.17) is 11.6 Å². The van der Waals surface area contributed by atoms with E-state index < -0.39 is 9.85 Å². The molecule has 9 heteroatoms. The average molecular weight is 283 g/mol. The van der Waals surface area contributed by atoms with Crippen molar-refractivity contribution in [1.82, 2.24) is 9.55 Å². The summed E-state index contributed by atoms with van der Waals surface area (Å²) in [6.45, 7) is 0.168. The van der Waals surface area contributed by atoms with Crippen LogP contribution in [-0.4, -0.2) is 19.4 Å². The molecule has 0 fully saturated rings. The fourth-order valence-corrected chi connectivity index (χ4v) is 1.70. The molecule has 0 unspecified atom stereocenters. The highest BCUT2D eigenvalue weighted by molar-refractivity contribution is 6.31. The summed E-state index contributed by atoms with van der Waals surface area (Å²) < 4.78 is 1.43. The normalized spacial score (nSPS) is 10.4. The van der Waals surface area contributed by atoms with Gasteiger partial charge in [-0.2, -0.15) is 0 Å². The highest BCUT2D eigenvalue weighted by atomic mass is 35.5. The minimum Gasteiger partial charge on any atom is -0.358 e. The third-order valence-electron chi connectivity index (χ3n) is 2.40. The quantitative estimate of drug-likeness (QED) is 0.632. The lowest BCUT2D eigenvalue weighted by molar-refractivity contribution is -0.389. The van der Waals surface area contributed by atoms with Gasteiger partial charge in [-0.25, -0.2) is 0 Å². The van der Waals surface area contributed by atoms with Gasteiger partial charge >= 0.3 is 5.82 Å². The van der Waals surface area contributed by atoms with E-state index in [-0.39, 0.29) is 18.1 Å². The zero-order valence-corrected chi connectivity index (χ0v) is 10.1. The summed E-state index contributed by atoms with van der Waals surface area (Å²) in [6.07, 6.45) is 2.50. The Morgan fingerprint density at radius 2 is 2.00 bits per heavy atom. The van der Waals surface area contributed by atoms with E-state index in [1.54, 1.807) is 0 Å². The molecule has 0 spiro atoms. The van der Waals surface area contributed by atoms with E-state index >= 15 is 0 Å². The number of aromatic nitrogens is 2. The van der Waals surface area contributed by atoms with Gasteiger partial charge in [0.1, 0.15) is 6.20 Å². The van der Waals surface area contributed by atoms with Crippen molar-refractivity contribution >= 4 is 23.1 Å². The number of nitro groups is 2. The van der Waals surface area contributed by atoms with Crippen LogP contribution < -0.4 is 0 Å². The Hall–Kier alpha value is -2.48. The molecular weight excluding hydrogens is 276 g/mol. The molecule has 0 saturated heterocycles. The van der Waals surface area contributed by atoms with E-state index in [1.807, 2.05) is 0 Å². The van der Waals surface area contributed by atoms with Crippen LogP contribution >= 0.6 is 11.6 Å². The van der Waals surface area contributed by atoms with Crippen molar-refractivity contribution in [2.24, 2.45) is 0 Å². The predicted octanol–water partition coefficient (Wildman–Crippen LogP) is 2.40. The van der Waals surface area contributed by atoms with E-state index in [0.29, 0.717) is 10.6 Å². The topological polar surface area (TPSA) is 104 Å². The average Bonchev–Trinajstić information content (AvgIpc) is 2.80. The van der Waals surface area contributed by atoms with Crippen molar-refractivity contribution in [3.8, 4) is 0 Å². The minimum atomic E-state index is -0.619. The molecule has 0 amide bonds. The maximum Gasteiger partial charge on any atom is 0.381 e. The summed E-state index contributed by atoms with van der Waals surface area (Å²) in [7, 11) is 0. The lowest BCUT2D eigenvalue weighted by Gasteiger charge is -2.03. The molecule has 1 aromatic carbocycles. The number of nitro benzene ring substituents is 1. The van der Waals surface area contributed by atoms with Crippen molar-refractivity contribution in [1.29, 1.82) is 0 Å². The third kappa shape index (κ3) is 2.86. The highest BCUT2D eigenvalue weighted by Gasteiger charge is 2.13. The molecule has 0 atom stereocenters. The van der Waals surface area contributed by atoms with Crippen LogP contribution in [0.15, 0.2) is 30.7 Å². The first-order chi connectivity index (χ1) is 8.97. The van der Waals surface area contributed by atoms with Crippen LogP contribution in [0.25, 0.3) is 0 Å². The number of non-ortho nitro benzene ring substituents is 1. The lowest BCUT2D eigenvalue weighted by atomic mass is 10.2. The summed E-state index contributed by atoms with van der Waals surface area (Å²) in [5.41, 5.74) is 0.400. The van der Waals surface area contributed by atoms with Crippen LogP contribution in [0.4, 0.5) is 11.5 Å². The predicted molar refractivity (Wildman–Crippen MR) is 66.1 cm³/mol. The first kappa shape index (κ1) is 13.0. The molecule has 98 valence electrons. The Balaban J connectivity index is 2.29. The van der Waals surface area contributed by atoms with Crippen LogP contribution in [0.5, 0.6) is 0 Å². The Morgan fingerprint density at radius 3 is 2.58 bits per heavy atom. The first-order valence-electron chi connectivity index (χ1n) is 5.06. The molecule has 19 heavy (non-hydrogen) atoms. The Bertz CT molecular complexity index is 655. The van der Waals surface area contributed by atoms with E-state index in [1.165, 1.54) is 35.3 Å². The van der Waals surface area contributed by atoms with Gasteiger partial charge in [0.2, 0.25) is 6.33 Å². The van der Waals surface area contributed by atoms with Gasteiger partial charge in [0.05, 0.1) is 11.5 Å². The summed E-state index contributed by atoms with van der Waals surface area (Å²) >= 11 is 5.93. The van der Waals surface area contributed by atoms with Gasteiger partial charge in [0, 0.05) is 17.2 Å². The number of nitrogens with zero attached hydrogens (tertiary/aromatic N) is 4. The molecule has 0 saturated carbocycles. The highest BCUT2D eigenvalue weighted by Crippen LogP contribution is 2.23. The summed E-state index contributed by atoms with van der Waals surface area (Å²) in [4.78, 5) is 23.6. The van der Waals surface area contributed by atoms with Crippen molar-refractivity contribution in [2.45, 2.75) is 6.54 Å². The summed E-state index contributed by atoms with van der Waals surface area (Å²) in [5.74, 6) is -0.290. The fourth-order valence-electron chi connectivity index (χ4n) is 1.52. The van der Waals surface area contributed by atoms with E-state index in [9.17, 15) is 20.2 Å². The van der Waals surface area contributed by atoms with Crippen LogP contribution in [0, 0.1) is 20.2 Å². The molecular formula is C10H7ClN4O4. The van der Waals surface area contributed by atoms with Crippen LogP contribution in [0.3, 0.4) is 0 Å². The van der Waals surface area contributed by atoms with Crippen LogP contribution in [-0.2, 0) is 6.54 Å². The SMILES string of the molecule is O=[N+]([O-])c1ccc(Cl)c(Cn2cnc([N+](=O)[O-])c2)c1. The van der Waals surface area contributed by atoms with Gasteiger partial charge in [-0.15, -0.1) is 0 Å². The first-order valence-corrected chi connectivity index (χ1v) is 5.44. The van der Waals surface area contributed by atoms with Gasteiger partial charge in [-0.1, -0.05) is 11.6 Å². The van der Waals surface area contributed by atoms with Crippen LogP contribution in [0.2, 0.25) is 5.02 Å². The summed E-state index contributed by atoms with van der Waals surface area (Å²) in [5, 5.41) is 21.5. The minimum absolute atomic E-state index is 0.0889. The number of halogens is 1. The third-order valence-corrected chi connectivity index (χ3v) is 2.77. The monoisotopic (exact) mass is 282 g/mol. The second-order valence-electron chi connectivity index (χ2n) is 3.69. The van der Waals surface area contributed by atoms with E-state index in [2.05, 4.69) is 4.98 Å². The van der Waals surface area contributed by atoms with Gasteiger partial charge in [-0.3, -0.25) is 10.1 Å². The second-order valence-corrected chi connectivity index (χ2v) is 4.10. The summed E-state index contributed by atoms with van der Waals surface area (Å²) in [6, 6.07) is 4.04. The van der Waals surface area contributed by atoms with Gasteiger partial charge in [-0.05, 0) is 21.5 Å². The maximum absolute atomic E-state index is 10.7. The molecule has 0 aliphatic heterocycles. The van der Waals surface area contributed by atoms with Crippen molar-refractivity contribution < 1.29 is 9.85 Å². The van der Waals surface area contributed by atoms with Crippen LogP contribution in [0.1, 0.15) is 5.56 Å². The number of rotatable bonds is 4. The van der Waals surface area contributed by atoms with E-state index in [0.717, 1.165) is 0 Å². The number of benzene rings is 1. The van der Waals surface area contributed by atoms with Gasteiger partial charge in [0.15, 0.2) is 0 Å². The smallest absolute Gasteiger partial charge is 0.358 e. The van der Waals surface area contributed by atoms with Gasteiger partial charge < -0.3 is 14.7 Å². The zero-order valence-electron chi connectivity index (χ0n) is 9.39. The van der Waals surface area contributed by atoms with Crippen molar-refractivity contribution in [2.75, 3.05) is 0 Å². The lowest BCUT2D eigenvalue weighted by Crippen LogP contribution is -1.99. The molecule has 0 bridgehead atoms. The molecule has 2 rings (SSSR count). The molecule has 0 aliphatic rings. The molecule has 1 aromatic heterocycles. The second kappa shape index (κ2) is 5.02. The fraction of sp³-hybridized carbons (Fsp3) is 0.100. The molecule has 2 aromatic rings. The van der Waals surface area contributed by atoms with Crippen molar-refractivity contribution in [3.63, 3.8) is 0 Å². The Morgan fingerprint density at radius 1 is 1.26 bits per heavy atom. The molecule has 0 N–H and O–H groups in total. The maximum atomic E-state index is 10.7. The Labute approximate surface area is 111 Å². The molecule has 0 aliphatic carbocycles. The standard InChI is InChI=1S/C10H7ClN4O4/c11-9-2-1-8(14(16)17)3-7(9)4-13-5-10(12-6-13)15(18)19/h1-3,5-6H,4H2. The zero-order chi connectivity index (χ0) is 14.0. The van der Waals surface area contributed by atoms with Gasteiger partial charge in [0.25, 0.3) is 5.69 Å².